The Morgan fingerprint density at radius 2 is 1.76 bits per heavy atom. The number of hydrogen-bond donors (Lipinski definition) is 2. The van der Waals surface area contributed by atoms with Gasteiger partial charge in [0.05, 0.1) is 38.6 Å². The smallest absolute Gasteiger partial charge is 0.411 e. The van der Waals surface area contributed by atoms with Gasteiger partial charge in [0.2, 0.25) is 5.96 Å². The maximum atomic E-state index is 12.7. The summed E-state index contributed by atoms with van der Waals surface area (Å²) < 4.78 is 17.8. The van der Waals surface area contributed by atoms with E-state index in [-0.39, 0.29) is 24.8 Å². The van der Waals surface area contributed by atoms with Crippen molar-refractivity contribution < 1.29 is 23.8 Å². The molecular formula is C30H35N7O5. The molecular weight excluding hydrogens is 538 g/mol. The van der Waals surface area contributed by atoms with Gasteiger partial charge in [-0.3, -0.25) is 5.32 Å². The number of rotatable bonds is 5. The van der Waals surface area contributed by atoms with Crippen LogP contribution in [0.5, 0.6) is 0 Å². The highest BCUT2D eigenvalue weighted by Gasteiger charge is 2.33. The Morgan fingerprint density at radius 3 is 2.48 bits per heavy atom. The minimum atomic E-state index is -0.514. The van der Waals surface area contributed by atoms with Crippen molar-refractivity contribution in [2.24, 2.45) is 4.99 Å². The van der Waals surface area contributed by atoms with E-state index in [9.17, 15) is 9.59 Å². The predicted molar refractivity (Wildman–Crippen MR) is 156 cm³/mol. The second kappa shape index (κ2) is 12.5. The summed E-state index contributed by atoms with van der Waals surface area (Å²) in [4.78, 5) is 33.4. The summed E-state index contributed by atoms with van der Waals surface area (Å²) in [6, 6.07) is 17.3. The molecule has 0 saturated carbocycles. The SMILES string of the molecule is COC(=O)Nc1ccc(C2NC(N3CCOCC3)=Nc3c2cnn3C2CCN(C(=O)OCc3ccccc3)CC2)cc1. The molecule has 42 heavy (non-hydrogen) atoms. The Kier molecular flexibility index (Phi) is 8.22. The van der Waals surface area contributed by atoms with Crippen LogP contribution in [0.3, 0.4) is 0 Å². The number of piperidine rings is 1. The van der Waals surface area contributed by atoms with Gasteiger partial charge in [-0.25, -0.2) is 14.3 Å². The number of anilines is 1. The molecule has 1 unspecified atom stereocenters. The zero-order valence-electron chi connectivity index (χ0n) is 23.6. The monoisotopic (exact) mass is 573 g/mol. The number of hydrogen-bond acceptors (Lipinski definition) is 9. The van der Waals surface area contributed by atoms with Crippen molar-refractivity contribution in [2.45, 2.75) is 31.5 Å². The van der Waals surface area contributed by atoms with Crippen LogP contribution in [0.4, 0.5) is 21.1 Å². The molecule has 220 valence electrons. The van der Waals surface area contributed by atoms with Crippen molar-refractivity contribution in [2.75, 3.05) is 51.8 Å². The first kappa shape index (κ1) is 27.6. The molecule has 3 aliphatic heterocycles. The number of carbonyl (C=O) groups is 2. The largest absolute Gasteiger partial charge is 0.453 e. The summed E-state index contributed by atoms with van der Waals surface area (Å²) in [5, 5.41) is 11.1. The summed E-state index contributed by atoms with van der Waals surface area (Å²) in [7, 11) is 1.34. The molecule has 4 heterocycles. The number of ether oxygens (including phenoxy) is 3. The van der Waals surface area contributed by atoms with Gasteiger partial charge in [0.25, 0.3) is 0 Å². The van der Waals surface area contributed by atoms with Crippen LogP contribution in [-0.2, 0) is 20.8 Å². The van der Waals surface area contributed by atoms with Gasteiger partial charge in [0.15, 0.2) is 5.82 Å². The summed E-state index contributed by atoms with van der Waals surface area (Å²) in [5.74, 6) is 1.61. The van der Waals surface area contributed by atoms with Gasteiger partial charge in [-0.05, 0) is 36.1 Å². The van der Waals surface area contributed by atoms with Crippen LogP contribution in [0.25, 0.3) is 0 Å². The Bertz CT molecular complexity index is 1410. The number of benzene rings is 2. The number of guanidine groups is 1. The lowest BCUT2D eigenvalue weighted by Gasteiger charge is -2.36. The molecule has 12 heteroatoms. The standard InChI is InChI=1S/C30H35N7O5/c1-40-29(38)32-23-9-7-22(8-10-23)26-25-19-31-37(27(25)34-28(33-26)35-15-17-41-18-16-35)24-11-13-36(14-12-24)30(39)42-20-21-5-3-2-4-6-21/h2-10,19,24,26H,11-18,20H2,1H3,(H,32,38)(H,33,34). The molecule has 0 bridgehead atoms. The lowest BCUT2D eigenvalue weighted by molar-refractivity contribution is 0.0662. The van der Waals surface area contributed by atoms with E-state index in [1.54, 1.807) is 4.90 Å². The molecule has 12 nitrogen and oxygen atoms in total. The van der Waals surface area contributed by atoms with Crippen molar-refractivity contribution in [3.05, 3.63) is 77.5 Å². The first-order valence-corrected chi connectivity index (χ1v) is 14.2. The highest BCUT2D eigenvalue weighted by Crippen LogP contribution is 2.38. The van der Waals surface area contributed by atoms with Gasteiger partial charge in [-0.2, -0.15) is 10.1 Å². The van der Waals surface area contributed by atoms with Crippen molar-refractivity contribution in [1.82, 2.24) is 24.9 Å². The number of aliphatic imine (C=N–C) groups is 1. The van der Waals surface area contributed by atoms with Crippen molar-refractivity contribution in [1.29, 1.82) is 0 Å². The number of nitrogens with one attached hydrogen (secondary N) is 2. The van der Waals surface area contributed by atoms with E-state index in [2.05, 4.69) is 15.5 Å². The van der Waals surface area contributed by atoms with E-state index in [1.165, 1.54) is 7.11 Å². The maximum Gasteiger partial charge on any atom is 0.411 e. The topological polar surface area (TPSA) is 123 Å². The molecule has 3 aromatic rings. The molecule has 2 N–H and O–H groups in total. The summed E-state index contributed by atoms with van der Waals surface area (Å²) >= 11 is 0. The first-order chi connectivity index (χ1) is 20.6. The van der Waals surface area contributed by atoms with E-state index in [0.29, 0.717) is 32.0 Å². The maximum absolute atomic E-state index is 12.7. The Labute approximate surface area is 244 Å². The van der Waals surface area contributed by atoms with Crippen LogP contribution in [0.2, 0.25) is 0 Å². The Hall–Kier alpha value is -4.58. The minimum absolute atomic E-state index is 0.104. The molecule has 1 atom stereocenters. The van der Waals surface area contributed by atoms with Crippen molar-refractivity contribution in [3.8, 4) is 0 Å². The molecule has 2 amide bonds. The van der Waals surface area contributed by atoms with Crippen molar-refractivity contribution >= 4 is 29.7 Å². The number of likely N-dealkylation sites (tertiary alicyclic amines) is 1. The average molecular weight is 574 g/mol. The number of aromatic nitrogens is 2. The molecule has 2 fully saturated rings. The fourth-order valence-electron chi connectivity index (χ4n) is 5.53. The van der Waals surface area contributed by atoms with Crippen LogP contribution in [0, 0.1) is 0 Å². The van der Waals surface area contributed by atoms with Gasteiger partial charge < -0.3 is 29.3 Å². The van der Waals surface area contributed by atoms with Crippen LogP contribution in [0.1, 0.15) is 41.6 Å². The van der Waals surface area contributed by atoms with Crippen LogP contribution in [0.15, 0.2) is 65.8 Å². The van der Waals surface area contributed by atoms with Gasteiger partial charge in [0.1, 0.15) is 6.61 Å². The zero-order valence-corrected chi connectivity index (χ0v) is 23.6. The quantitative estimate of drug-likeness (QED) is 0.469. The Balaban J connectivity index is 1.19. The highest BCUT2D eigenvalue weighted by molar-refractivity contribution is 5.86. The second-order valence-corrected chi connectivity index (χ2v) is 10.5. The fourth-order valence-corrected chi connectivity index (χ4v) is 5.53. The molecule has 2 saturated heterocycles. The highest BCUT2D eigenvalue weighted by atomic mass is 16.6. The number of fused-ring (bicyclic) bond motifs is 1. The van der Waals surface area contributed by atoms with Crippen LogP contribution >= 0.6 is 0 Å². The van der Waals surface area contributed by atoms with Crippen LogP contribution in [-0.4, -0.2) is 84.2 Å². The Morgan fingerprint density at radius 1 is 1.02 bits per heavy atom. The lowest BCUT2D eigenvalue weighted by atomic mass is 9.99. The molecule has 2 aromatic carbocycles. The number of methoxy groups -OCH3 is 1. The predicted octanol–water partition coefficient (Wildman–Crippen LogP) is 4.05. The van der Waals surface area contributed by atoms with E-state index in [1.807, 2.05) is 65.5 Å². The van der Waals surface area contributed by atoms with E-state index in [4.69, 9.17) is 24.3 Å². The zero-order chi connectivity index (χ0) is 28.9. The number of nitrogens with zero attached hydrogens (tertiary/aromatic N) is 5. The molecule has 0 radical (unpaired) electrons. The normalized spacial score (nSPS) is 18.9. The van der Waals surface area contributed by atoms with Crippen LogP contribution < -0.4 is 10.6 Å². The third-order valence-corrected chi connectivity index (χ3v) is 7.85. The summed E-state index contributed by atoms with van der Waals surface area (Å²) in [6.45, 7) is 4.21. The summed E-state index contributed by atoms with van der Waals surface area (Å²) in [5.41, 5.74) is 3.61. The molecule has 6 rings (SSSR count). The lowest BCUT2D eigenvalue weighted by Crippen LogP contribution is -2.49. The molecule has 1 aromatic heterocycles. The van der Waals surface area contributed by atoms with E-state index < -0.39 is 6.09 Å². The van der Waals surface area contributed by atoms with Gasteiger partial charge >= 0.3 is 12.2 Å². The van der Waals surface area contributed by atoms with Crippen molar-refractivity contribution in [3.63, 3.8) is 0 Å². The third kappa shape index (κ3) is 6.03. The number of amides is 2. The minimum Gasteiger partial charge on any atom is -0.453 e. The van der Waals surface area contributed by atoms with Gasteiger partial charge in [-0.15, -0.1) is 0 Å². The average Bonchev–Trinajstić information content (AvgIpc) is 3.48. The molecule has 3 aliphatic rings. The van der Waals surface area contributed by atoms with E-state index >= 15 is 0 Å². The van der Waals surface area contributed by atoms with Gasteiger partial charge in [-0.1, -0.05) is 42.5 Å². The fraction of sp³-hybridized carbons (Fsp3) is 0.400. The second-order valence-electron chi connectivity index (χ2n) is 10.5. The number of morpholine rings is 1. The first-order valence-electron chi connectivity index (χ1n) is 14.2. The molecule has 0 aliphatic carbocycles. The van der Waals surface area contributed by atoms with Gasteiger partial charge in [0, 0.05) is 37.4 Å². The van der Waals surface area contributed by atoms with E-state index in [0.717, 1.165) is 54.4 Å². The molecule has 0 spiro atoms. The third-order valence-electron chi connectivity index (χ3n) is 7.85. The number of carbonyl (C=O) groups excluding carboxylic acids is 2. The summed E-state index contributed by atoms with van der Waals surface area (Å²) in [6.07, 6.45) is 2.58.